The van der Waals surface area contributed by atoms with Crippen LogP contribution in [0.2, 0.25) is 0 Å². The zero-order valence-corrected chi connectivity index (χ0v) is 11.0. The minimum absolute atomic E-state index is 0.105. The molecule has 1 aromatic carbocycles. The number of carbonyl (C=O) groups excluding carboxylic acids is 1. The molecule has 0 bridgehead atoms. The molecule has 0 spiro atoms. The fourth-order valence-electron chi connectivity index (χ4n) is 1.39. The lowest BCUT2D eigenvalue weighted by Crippen LogP contribution is -2.30. The molecule has 6 nitrogen and oxygen atoms in total. The van der Waals surface area contributed by atoms with Gasteiger partial charge in [-0.05, 0) is 17.8 Å². The first-order valence-corrected chi connectivity index (χ1v) is 5.67. The van der Waals surface area contributed by atoms with Crippen LogP contribution in [0.3, 0.4) is 0 Å². The summed E-state index contributed by atoms with van der Waals surface area (Å²) in [4.78, 5) is 11.7. The number of rotatable bonds is 4. The SMILES string of the molecule is COC(=O)/C(=N/NC(N)=S)[C@@H](C#N)c1ccccc1. The molecule has 0 amide bonds. The molecule has 98 valence electrons. The van der Waals surface area contributed by atoms with Gasteiger partial charge in [0.15, 0.2) is 10.8 Å². The van der Waals surface area contributed by atoms with E-state index < -0.39 is 11.9 Å². The summed E-state index contributed by atoms with van der Waals surface area (Å²) in [5, 5.41) is 12.9. The first kappa shape index (κ1) is 14.6. The van der Waals surface area contributed by atoms with E-state index in [0.717, 1.165) is 0 Å². The Morgan fingerprint density at radius 1 is 1.53 bits per heavy atom. The fraction of sp³-hybridized carbons (Fsp3) is 0.167. The van der Waals surface area contributed by atoms with E-state index in [-0.39, 0.29) is 10.8 Å². The van der Waals surface area contributed by atoms with Gasteiger partial charge in [0.05, 0.1) is 13.2 Å². The van der Waals surface area contributed by atoms with Gasteiger partial charge in [-0.15, -0.1) is 0 Å². The second-order valence-electron chi connectivity index (χ2n) is 3.44. The van der Waals surface area contributed by atoms with Gasteiger partial charge in [0, 0.05) is 0 Å². The van der Waals surface area contributed by atoms with Crippen LogP contribution in [0.5, 0.6) is 0 Å². The molecule has 0 saturated heterocycles. The Balaban J connectivity index is 3.15. The molecule has 0 aliphatic heterocycles. The Bertz CT molecular complexity index is 536. The maximum atomic E-state index is 11.7. The lowest BCUT2D eigenvalue weighted by molar-refractivity contribution is -0.132. The van der Waals surface area contributed by atoms with Crippen molar-refractivity contribution in [1.82, 2.24) is 5.43 Å². The zero-order chi connectivity index (χ0) is 14.3. The number of methoxy groups -OCH3 is 1. The van der Waals surface area contributed by atoms with Gasteiger partial charge in [-0.25, -0.2) is 4.79 Å². The second kappa shape index (κ2) is 7.08. The summed E-state index contributed by atoms with van der Waals surface area (Å²) in [6, 6.07) is 10.8. The fourth-order valence-corrected chi connectivity index (χ4v) is 1.43. The van der Waals surface area contributed by atoms with Crippen molar-refractivity contribution in [3.05, 3.63) is 35.9 Å². The van der Waals surface area contributed by atoms with E-state index in [1.807, 2.05) is 6.07 Å². The molecule has 3 N–H and O–H groups in total. The monoisotopic (exact) mass is 276 g/mol. The first-order chi connectivity index (χ1) is 9.10. The van der Waals surface area contributed by atoms with Crippen LogP contribution < -0.4 is 11.2 Å². The highest BCUT2D eigenvalue weighted by Gasteiger charge is 2.25. The van der Waals surface area contributed by atoms with Crippen LogP contribution in [-0.2, 0) is 9.53 Å². The van der Waals surface area contributed by atoms with Crippen LogP contribution in [0.15, 0.2) is 35.4 Å². The average Bonchev–Trinajstić information content (AvgIpc) is 2.43. The Morgan fingerprint density at radius 3 is 2.63 bits per heavy atom. The lowest BCUT2D eigenvalue weighted by Gasteiger charge is -2.11. The Morgan fingerprint density at radius 2 is 2.16 bits per heavy atom. The topological polar surface area (TPSA) is 100 Å². The standard InChI is InChI=1S/C12H12N4O2S/c1-18-11(17)10(15-16-12(14)19)9(7-13)8-5-3-2-4-6-8/h2-6,9H,1H3,(H3,14,16,19)/b15-10+/t9-/m0/s1. The molecule has 0 fully saturated rings. The van der Waals surface area contributed by atoms with Crippen molar-refractivity contribution < 1.29 is 9.53 Å². The number of nitrogens with zero attached hydrogens (tertiary/aromatic N) is 2. The van der Waals surface area contributed by atoms with Crippen LogP contribution >= 0.6 is 12.2 Å². The maximum Gasteiger partial charge on any atom is 0.355 e. The van der Waals surface area contributed by atoms with E-state index in [2.05, 4.69) is 27.5 Å². The van der Waals surface area contributed by atoms with Crippen molar-refractivity contribution in [3.8, 4) is 6.07 Å². The van der Waals surface area contributed by atoms with Crippen molar-refractivity contribution in [2.45, 2.75) is 5.92 Å². The van der Waals surface area contributed by atoms with Crippen molar-refractivity contribution in [2.75, 3.05) is 7.11 Å². The van der Waals surface area contributed by atoms with E-state index in [1.54, 1.807) is 30.3 Å². The van der Waals surface area contributed by atoms with E-state index in [4.69, 9.17) is 5.73 Å². The van der Waals surface area contributed by atoms with Gasteiger partial charge in [-0.1, -0.05) is 30.3 Å². The number of hydrazone groups is 1. The zero-order valence-electron chi connectivity index (χ0n) is 10.2. The van der Waals surface area contributed by atoms with Crippen molar-refractivity contribution >= 4 is 29.0 Å². The summed E-state index contributed by atoms with van der Waals surface area (Å²) < 4.78 is 4.60. The molecule has 0 radical (unpaired) electrons. The number of nitriles is 1. The summed E-state index contributed by atoms with van der Waals surface area (Å²) in [6.07, 6.45) is 0. The lowest BCUT2D eigenvalue weighted by atomic mass is 9.95. The molecule has 0 unspecified atom stereocenters. The number of esters is 1. The number of nitrogens with one attached hydrogen (secondary N) is 1. The van der Waals surface area contributed by atoms with Gasteiger partial charge < -0.3 is 10.5 Å². The number of thiocarbonyl (C=S) groups is 1. The smallest absolute Gasteiger partial charge is 0.355 e. The summed E-state index contributed by atoms with van der Waals surface area (Å²) in [7, 11) is 1.21. The third-order valence-electron chi connectivity index (χ3n) is 2.22. The number of benzene rings is 1. The van der Waals surface area contributed by atoms with Crippen LogP contribution in [0, 0.1) is 11.3 Å². The van der Waals surface area contributed by atoms with Gasteiger partial charge in [0.1, 0.15) is 5.92 Å². The third kappa shape index (κ3) is 4.04. The molecule has 19 heavy (non-hydrogen) atoms. The summed E-state index contributed by atoms with van der Waals surface area (Å²) in [5.74, 6) is -1.59. The number of carbonyl (C=O) groups is 1. The molecule has 0 aliphatic rings. The molecule has 0 heterocycles. The summed E-state index contributed by atoms with van der Waals surface area (Å²) in [6.45, 7) is 0. The van der Waals surface area contributed by atoms with Gasteiger partial charge in [-0.3, -0.25) is 5.43 Å². The van der Waals surface area contributed by atoms with Crippen LogP contribution in [-0.4, -0.2) is 23.9 Å². The molecule has 1 rings (SSSR count). The van der Waals surface area contributed by atoms with Gasteiger partial charge in [0.2, 0.25) is 0 Å². The molecule has 0 aromatic heterocycles. The highest BCUT2D eigenvalue weighted by atomic mass is 32.1. The van der Waals surface area contributed by atoms with E-state index in [1.165, 1.54) is 7.11 Å². The predicted octanol–water partition coefficient (Wildman–Crippen LogP) is 0.656. The highest BCUT2D eigenvalue weighted by Crippen LogP contribution is 2.17. The van der Waals surface area contributed by atoms with Crippen LogP contribution in [0.4, 0.5) is 0 Å². The first-order valence-electron chi connectivity index (χ1n) is 5.26. The van der Waals surface area contributed by atoms with E-state index >= 15 is 0 Å². The number of hydrogen-bond acceptors (Lipinski definition) is 5. The number of nitrogens with two attached hydrogens (primary N) is 1. The Hall–Kier alpha value is -2.46. The van der Waals surface area contributed by atoms with Crippen molar-refractivity contribution in [2.24, 2.45) is 10.8 Å². The largest absolute Gasteiger partial charge is 0.464 e. The number of ether oxygens (including phenoxy) is 1. The Labute approximate surface area is 115 Å². The van der Waals surface area contributed by atoms with Gasteiger partial charge in [0.25, 0.3) is 0 Å². The normalized spacial score (nSPS) is 12.1. The van der Waals surface area contributed by atoms with Gasteiger partial charge >= 0.3 is 5.97 Å². The average molecular weight is 276 g/mol. The molecular weight excluding hydrogens is 264 g/mol. The molecule has 1 aromatic rings. The molecular formula is C12H12N4O2S. The van der Waals surface area contributed by atoms with Crippen LogP contribution in [0.1, 0.15) is 11.5 Å². The van der Waals surface area contributed by atoms with Gasteiger partial charge in [-0.2, -0.15) is 10.4 Å². The quantitative estimate of drug-likeness (QED) is 0.362. The summed E-state index contributed by atoms with van der Waals surface area (Å²) in [5.41, 5.74) is 8.05. The minimum Gasteiger partial charge on any atom is -0.464 e. The Kier molecular flexibility index (Phi) is 5.44. The summed E-state index contributed by atoms with van der Waals surface area (Å²) >= 11 is 4.60. The molecule has 0 aliphatic carbocycles. The minimum atomic E-state index is -0.865. The molecule has 7 heteroatoms. The number of hydrogen-bond donors (Lipinski definition) is 2. The maximum absolute atomic E-state index is 11.7. The van der Waals surface area contributed by atoms with Crippen molar-refractivity contribution in [1.29, 1.82) is 5.26 Å². The van der Waals surface area contributed by atoms with E-state index in [0.29, 0.717) is 5.56 Å². The molecule has 1 atom stereocenters. The van der Waals surface area contributed by atoms with E-state index in [9.17, 15) is 10.1 Å². The molecule has 0 saturated carbocycles. The third-order valence-corrected chi connectivity index (χ3v) is 2.31. The highest BCUT2D eigenvalue weighted by molar-refractivity contribution is 7.80. The van der Waals surface area contributed by atoms with Crippen molar-refractivity contribution in [3.63, 3.8) is 0 Å². The second-order valence-corrected chi connectivity index (χ2v) is 3.88. The predicted molar refractivity (Wildman–Crippen MR) is 74.2 cm³/mol. The van der Waals surface area contributed by atoms with Crippen LogP contribution in [0.25, 0.3) is 0 Å².